The van der Waals surface area contributed by atoms with Crippen molar-refractivity contribution in [2.45, 2.75) is 13.5 Å². The van der Waals surface area contributed by atoms with Crippen molar-refractivity contribution in [2.75, 3.05) is 11.1 Å². The molecule has 2 aromatic rings. The Kier molecular flexibility index (Phi) is 3.18. The Morgan fingerprint density at radius 3 is 2.82 bits per heavy atom. The van der Waals surface area contributed by atoms with Gasteiger partial charge in [0, 0.05) is 6.20 Å². The number of hydrogen-bond donors (Lipinski definition) is 2. The molecule has 0 bridgehead atoms. The lowest BCUT2D eigenvalue weighted by atomic mass is 10.2. The third-order valence-electron chi connectivity index (χ3n) is 2.31. The molecule has 1 aromatic heterocycles. The number of nitrogens with zero attached hydrogens (tertiary/aromatic N) is 2. The molecule has 0 fully saturated rings. The zero-order valence-electron chi connectivity index (χ0n) is 9.44. The third kappa shape index (κ3) is 2.90. The summed E-state index contributed by atoms with van der Waals surface area (Å²) < 4.78 is 13.0. The van der Waals surface area contributed by atoms with E-state index in [4.69, 9.17) is 5.73 Å². The van der Waals surface area contributed by atoms with Crippen LogP contribution in [0.25, 0.3) is 0 Å². The molecule has 0 unspecified atom stereocenters. The summed E-state index contributed by atoms with van der Waals surface area (Å²) in [5.41, 5.74) is 8.42. The van der Waals surface area contributed by atoms with E-state index in [1.54, 1.807) is 12.4 Å². The van der Waals surface area contributed by atoms with Gasteiger partial charge in [-0.3, -0.25) is 9.97 Å². The summed E-state index contributed by atoms with van der Waals surface area (Å²) >= 11 is 0. The molecule has 4 nitrogen and oxygen atoms in total. The van der Waals surface area contributed by atoms with Gasteiger partial charge in [0.15, 0.2) is 0 Å². The van der Waals surface area contributed by atoms with E-state index < -0.39 is 0 Å². The first kappa shape index (κ1) is 11.3. The minimum absolute atomic E-state index is 0.323. The van der Waals surface area contributed by atoms with E-state index in [2.05, 4.69) is 15.3 Å². The van der Waals surface area contributed by atoms with Crippen LogP contribution in [-0.2, 0) is 6.54 Å². The molecule has 0 aliphatic rings. The van der Waals surface area contributed by atoms with Crippen molar-refractivity contribution in [2.24, 2.45) is 0 Å². The molecule has 5 heteroatoms. The lowest BCUT2D eigenvalue weighted by Gasteiger charge is -2.08. The number of benzene rings is 1. The summed E-state index contributed by atoms with van der Waals surface area (Å²) in [5.74, 6) is -0.323. The van der Waals surface area contributed by atoms with Crippen LogP contribution in [-0.4, -0.2) is 9.97 Å². The molecule has 0 aliphatic carbocycles. The number of nitrogen functional groups attached to an aromatic ring is 1. The number of aromatic nitrogens is 2. The standard InChI is InChI=1S/C12H13FN4/c1-8-5-16-10(6-15-8)7-17-12-4-9(13)2-3-11(12)14/h2-6,17H,7,14H2,1H3. The number of halogens is 1. The minimum atomic E-state index is -0.323. The highest BCUT2D eigenvalue weighted by atomic mass is 19.1. The summed E-state index contributed by atoms with van der Waals surface area (Å²) in [4.78, 5) is 8.31. The van der Waals surface area contributed by atoms with Gasteiger partial charge in [-0.15, -0.1) is 0 Å². The molecular formula is C12H13FN4. The lowest BCUT2D eigenvalue weighted by molar-refractivity contribution is 0.628. The van der Waals surface area contributed by atoms with Crippen LogP contribution in [0.5, 0.6) is 0 Å². The number of anilines is 2. The summed E-state index contributed by atoms with van der Waals surface area (Å²) in [7, 11) is 0. The van der Waals surface area contributed by atoms with E-state index in [1.165, 1.54) is 18.2 Å². The highest BCUT2D eigenvalue weighted by molar-refractivity contribution is 5.65. The Labute approximate surface area is 98.7 Å². The molecular weight excluding hydrogens is 219 g/mol. The first-order chi connectivity index (χ1) is 8.15. The van der Waals surface area contributed by atoms with E-state index >= 15 is 0 Å². The second-order valence-electron chi connectivity index (χ2n) is 3.73. The van der Waals surface area contributed by atoms with E-state index in [1.807, 2.05) is 6.92 Å². The van der Waals surface area contributed by atoms with E-state index in [0.29, 0.717) is 17.9 Å². The lowest BCUT2D eigenvalue weighted by Crippen LogP contribution is -2.05. The SMILES string of the molecule is Cc1cnc(CNc2cc(F)ccc2N)cn1. The molecule has 0 saturated carbocycles. The predicted octanol–water partition coefficient (Wildman–Crippen LogP) is 2.12. The number of rotatable bonds is 3. The number of nitrogens with two attached hydrogens (primary N) is 1. The molecule has 0 aliphatic heterocycles. The molecule has 0 amide bonds. The highest BCUT2D eigenvalue weighted by Crippen LogP contribution is 2.19. The molecule has 2 rings (SSSR count). The van der Waals surface area contributed by atoms with Gasteiger partial charge in [-0.25, -0.2) is 4.39 Å². The van der Waals surface area contributed by atoms with Gasteiger partial charge >= 0.3 is 0 Å². The van der Waals surface area contributed by atoms with Gasteiger partial charge in [-0.1, -0.05) is 0 Å². The summed E-state index contributed by atoms with van der Waals surface area (Å²) in [5, 5.41) is 3.02. The molecule has 3 N–H and O–H groups in total. The fraction of sp³-hybridized carbons (Fsp3) is 0.167. The van der Waals surface area contributed by atoms with Crippen LogP contribution in [0.2, 0.25) is 0 Å². The highest BCUT2D eigenvalue weighted by Gasteiger charge is 2.01. The maximum atomic E-state index is 13.0. The van der Waals surface area contributed by atoms with Gasteiger partial charge in [-0.2, -0.15) is 0 Å². The van der Waals surface area contributed by atoms with Gasteiger partial charge in [0.1, 0.15) is 5.82 Å². The Hall–Kier alpha value is -2.17. The van der Waals surface area contributed by atoms with Crippen LogP contribution >= 0.6 is 0 Å². The van der Waals surface area contributed by atoms with E-state index in [-0.39, 0.29) is 5.82 Å². The average molecular weight is 232 g/mol. The van der Waals surface area contributed by atoms with Gasteiger partial charge in [0.2, 0.25) is 0 Å². The molecule has 0 spiro atoms. The number of aryl methyl sites for hydroxylation is 1. The molecule has 1 heterocycles. The molecule has 1 aromatic carbocycles. The molecule has 0 saturated heterocycles. The van der Waals surface area contributed by atoms with Gasteiger partial charge in [0.25, 0.3) is 0 Å². The Balaban J connectivity index is 2.07. The predicted molar refractivity (Wildman–Crippen MR) is 64.9 cm³/mol. The van der Waals surface area contributed by atoms with Crippen molar-refractivity contribution in [3.63, 3.8) is 0 Å². The summed E-state index contributed by atoms with van der Waals surface area (Å²) in [6.07, 6.45) is 3.36. The zero-order chi connectivity index (χ0) is 12.3. The van der Waals surface area contributed by atoms with Crippen LogP contribution in [0.4, 0.5) is 15.8 Å². The van der Waals surface area contributed by atoms with Crippen LogP contribution in [0.15, 0.2) is 30.6 Å². The van der Waals surface area contributed by atoms with Crippen LogP contribution in [0, 0.1) is 12.7 Å². The first-order valence-electron chi connectivity index (χ1n) is 5.21. The van der Waals surface area contributed by atoms with Crippen molar-refractivity contribution in [3.05, 3.63) is 47.8 Å². The smallest absolute Gasteiger partial charge is 0.125 e. The molecule has 17 heavy (non-hydrogen) atoms. The summed E-state index contributed by atoms with van der Waals surface area (Å²) in [6.45, 7) is 2.33. The summed E-state index contributed by atoms with van der Waals surface area (Å²) in [6, 6.07) is 4.21. The van der Waals surface area contributed by atoms with Crippen LogP contribution in [0.3, 0.4) is 0 Å². The zero-order valence-corrected chi connectivity index (χ0v) is 9.44. The van der Waals surface area contributed by atoms with Gasteiger partial charge in [-0.05, 0) is 25.1 Å². The van der Waals surface area contributed by atoms with Crippen molar-refractivity contribution >= 4 is 11.4 Å². The van der Waals surface area contributed by atoms with Crippen LogP contribution in [0.1, 0.15) is 11.4 Å². The fourth-order valence-electron chi connectivity index (χ4n) is 1.38. The van der Waals surface area contributed by atoms with E-state index in [9.17, 15) is 4.39 Å². The average Bonchev–Trinajstić information content (AvgIpc) is 2.32. The topological polar surface area (TPSA) is 63.8 Å². The Morgan fingerprint density at radius 2 is 2.12 bits per heavy atom. The largest absolute Gasteiger partial charge is 0.397 e. The fourth-order valence-corrected chi connectivity index (χ4v) is 1.38. The normalized spacial score (nSPS) is 10.2. The van der Waals surface area contributed by atoms with Crippen molar-refractivity contribution < 1.29 is 4.39 Å². The molecule has 88 valence electrons. The quantitative estimate of drug-likeness (QED) is 0.795. The van der Waals surface area contributed by atoms with Gasteiger partial charge in [0.05, 0.1) is 35.5 Å². The Morgan fingerprint density at radius 1 is 1.29 bits per heavy atom. The van der Waals surface area contributed by atoms with Crippen molar-refractivity contribution in [3.8, 4) is 0 Å². The number of nitrogens with one attached hydrogen (secondary N) is 1. The van der Waals surface area contributed by atoms with Crippen LogP contribution < -0.4 is 11.1 Å². The second kappa shape index (κ2) is 4.78. The second-order valence-corrected chi connectivity index (χ2v) is 3.73. The Bertz CT molecular complexity index is 510. The molecule has 0 radical (unpaired) electrons. The monoisotopic (exact) mass is 232 g/mol. The third-order valence-corrected chi connectivity index (χ3v) is 2.31. The van der Waals surface area contributed by atoms with E-state index in [0.717, 1.165) is 11.4 Å². The first-order valence-corrected chi connectivity index (χ1v) is 5.21. The van der Waals surface area contributed by atoms with Crippen molar-refractivity contribution in [1.82, 2.24) is 9.97 Å². The molecule has 0 atom stereocenters. The van der Waals surface area contributed by atoms with Gasteiger partial charge < -0.3 is 11.1 Å². The minimum Gasteiger partial charge on any atom is -0.397 e. The van der Waals surface area contributed by atoms with Crippen molar-refractivity contribution in [1.29, 1.82) is 0 Å². The maximum absolute atomic E-state index is 13.0. The number of hydrogen-bond acceptors (Lipinski definition) is 4. The maximum Gasteiger partial charge on any atom is 0.125 e.